The maximum Gasteiger partial charge on any atom is 0.230 e. The average molecular weight is 400 g/mol. The smallest absolute Gasteiger partial charge is 0.230 e. The maximum atomic E-state index is 13.8. The minimum atomic E-state index is -0.437. The Morgan fingerprint density at radius 1 is 1.14 bits per heavy atom. The minimum Gasteiger partial charge on any atom is -0.483 e. The van der Waals surface area contributed by atoms with Crippen LogP contribution >= 0.6 is 11.8 Å². The van der Waals surface area contributed by atoms with Gasteiger partial charge in [0.1, 0.15) is 6.61 Å². The van der Waals surface area contributed by atoms with Crippen LogP contribution in [0.15, 0.2) is 59.8 Å². The third-order valence-corrected chi connectivity index (χ3v) is 4.62. The number of hydrogen-bond acceptors (Lipinski definition) is 5. The van der Waals surface area contributed by atoms with Gasteiger partial charge in [0.2, 0.25) is 5.91 Å². The van der Waals surface area contributed by atoms with E-state index in [-0.39, 0.29) is 30.1 Å². The summed E-state index contributed by atoms with van der Waals surface area (Å²) in [5, 5.41) is 11.8. The molecule has 3 rings (SSSR count). The van der Waals surface area contributed by atoms with Crippen LogP contribution in [0.1, 0.15) is 19.7 Å². The van der Waals surface area contributed by atoms with Crippen molar-refractivity contribution in [3.8, 4) is 11.4 Å². The number of carbonyl (C=O) groups is 1. The van der Waals surface area contributed by atoms with Crippen molar-refractivity contribution >= 4 is 17.7 Å². The van der Waals surface area contributed by atoms with Gasteiger partial charge in [0, 0.05) is 11.7 Å². The van der Waals surface area contributed by atoms with E-state index < -0.39 is 5.82 Å². The SMILES string of the molecule is CC(C)NC(=O)CSc1nnc(COc2ccccc2F)n1-c1ccccc1. The largest absolute Gasteiger partial charge is 0.483 e. The number of hydrogen-bond donors (Lipinski definition) is 1. The molecule has 0 saturated heterocycles. The number of amides is 1. The lowest BCUT2D eigenvalue weighted by molar-refractivity contribution is -0.119. The summed E-state index contributed by atoms with van der Waals surface area (Å²) < 4.78 is 21.2. The van der Waals surface area contributed by atoms with Gasteiger partial charge in [-0.3, -0.25) is 9.36 Å². The van der Waals surface area contributed by atoms with E-state index in [1.807, 2.05) is 48.7 Å². The number of ether oxygens (including phenoxy) is 1. The average Bonchev–Trinajstić information content (AvgIpc) is 3.09. The molecule has 0 aliphatic heterocycles. The summed E-state index contributed by atoms with van der Waals surface area (Å²) in [6.07, 6.45) is 0. The molecule has 8 heteroatoms. The van der Waals surface area contributed by atoms with Crippen molar-refractivity contribution < 1.29 is 13.9 Å². The van der Waals surface area contributed by atoms with Gasteiger partial charge < -0.3 is 10.1 Å². The molecule has 28 heavy (non-hydrogen) atoms. The predicted molar refractivity (Wildman–Crippen MR) is 106 cm³/mol. The van der Waals surface area contributed by atoms with E-state index in [0.29, 0.717) is 11.0 Å². The van der Waals surface area contributed by atoms with Crippen LogP contribution < -0.4 is 10.1 Å². The number of aromatic nitrogens is 3. The summed E-state index contributed by atoms with van der Waals surface area (Å²) in [5.74, 6) is 0.369. The van der Waals surface area contributed by atoms with Crippen LogP contribution in [0.4, 0.5) is 4.39 Å². The third-order valence-electron chi connectivity index (χ3n) is 3.69. The summed E-state index contributed by atoms with van der Waals surface area (Å²) in [7, 11) is 0. The first kappa shape index (κ1) is 19.9. The number of nitrogens with zero attached hydrogens (tertiary/aromatic N) is 3. The number of rotatable bonds is 8. The van der Waals surface area contributed by atoms with Gasteiger partial charge in [-0.1, -0.05) is 42.1 Å². The lowest BCUT2D eigenvalue weighted by atomic mass is 10.3. The first-order valence-electron chi connectivity index (χ1n) is 8.84. The molecule has 0 radical (unpaired) electrons. The molecule has 1 N–H and O–H groups in total. The Morgan fingerprint density at radius 2 is 1.86 bits per heavy atom. The number of halogens is 1. The fourth-order valence-corrected chi connectivity index (χ4v) is 3.30. The fourth-order valence-electron chi connectivity index (χ4n) is 2.52. The molecule has 0 unspecified atom stereocenters. The molecule has 1 heterocycles. The zero-order valence-corrected chi connectivity index (χ0v) is 16.4. The number of carbonyl (C=O) groups excluding carboxylic acids is 1. The summed E-state index contributed by atoms with van der Waals surface area (Å²) in [5.41, 5.74) is 0.839. The van der Waals surface area contributed by atoms with E-state index >= 15 is 0 Å². The molecule has 1 aromatic heterocycles. The number of para-hydroxylation sites is 2. The number of nitrogens with one attached hydrogen (secondary N) is 1. The quantitative estimate of drug-likeness (QED) is 0.585. The third kappa shape index (κ3) is 5.10. The van der Waals surface area contributed by atoms with Crippen LogP contribution in [0.25, 0.3) is 5.69 Å². The second-order valence-electron chi connectivity index (χ2n) is 6.30. The second-order valence-corrected chi connectivity index (χ2v) is 7.24. The van der Waals surface area contributed by atoms with Crippen molar-refractivity contribution in [2.45, 2.75) is 31.7 Å². The molecule has 2 aromatic carbocycles. The van der Waals surface area contributed by atoms with E-state index in [4.69, 9.17) is 4.74 Å². The van der Waals surface area contributed by atoms with Crippen LogP contribution in [0.2, 0.25) is 0 Å². The summed E-state index contributed by atoms with van der Waals surface area (Å²) >= 11 is 1.29. The highest BCUT2D eigenvalue weighted by molar-refractivity contribution is 7.99. The monoisotopic (exact) mass is 400 g/mol. The number of thioether (sulfide) groups is 1. The zero-order chi connectivity index (χ0) is 19.9. The van der Waals surface area contributed by atoms with Gasteiger partial charge in [-0.25, -0.2) is 4.39 Å². The van der Waals surface area contributed by atoms with E-state index in [1.165, 1.54) is 17.8 Å². The lowest BCUT2D eigenvalue weighted by Crippen LogP contribution is -2.31. The standard InChI is InChI=1S/C20H21FN4O2S/c1-14(2)22-19(26)13-28-20-24-23-18(25(20)15-8-4-3-5-9-15)12-27-17-11-7-6-10-16(17)21/h3-11,14H,12-13H2,1-2H3,(H,22,26). The van der Waals surface area contributed by atoms with Crippen LogP contribution in [-0.2, 0) is 11.4 Å². The van der Waals surface area contributed by atoms with Crippen LogP contribution in [0.3, 0.4) is 0 Å². The summed E-state index contributed by atoms with van der Waals surface area (Å²) in [4.78, 5) is 12.0. The Labute approximate surface area is 167 Å². The highest BCUT2D eigenvalue weighted by atomic mass is 32.2. The molecule has 0 aliphatic carbocycles. The van der Waals surface area contributed by atoms with Gasteiger partial charge in [-0.15, -0.1) is 10.2 Å². The Morgan fingerprint density at radius 3 is 2.57 bits per heavy atom. The van der Waals surface area contributed by atoms with Crippen LogP contribution in [-0.4, -0.2) is 32.5 Å². The Balaban J connectivity index is 1.81. The van der Waals surface area contributed by atoms with Gasteiger partial charge in [0.05, 0.1) is 5.75 Å². The lowest BCUT2D eigenvalue weighted by Gasteiger charge is -2.12. The first-order valence-corrected chi connectivity index (χ1v) is 9.82. The van der Waals surface area contributed by atoms with Crippen molar-refractivity contribution in [1.82, 2.24) is 20.1 Å². The topological polar surface area (TPSA) is 69.0 Å². The van der Waals surface area contributed by atoms with Crippen molar-refractivity contribution in [2.75, 3.05) is 5.75 Å². The molecule has 6 nitrogen and oxygen atoms in total. The van der Waals surface area contributed by atoms with Crippen molar-refractivity contribution in [2.24, 2.45) is 0 Å². The normalized spacial score (nSPS) is 10.9. The molecular weight excluding hydrogens is 379 g/mol. The Kier molecular flexibility index (Phi) is 6.65. The molecular formula is C20H21FN4O2S. The maximum absolute atomic E-state index is 13.8. The van der Waals surface area contributed by atoms with Gasteiger partial charge in [0.15, 0.2) is 22.5 Å². The van der Waals surface area contributed by atoms with Gasteiger partial charge in [0.25, 0.3) is 0 Å². The van der Waals surface area contributed by atoms with Crippen LogP contribution in [0, 0.1) is 5.82 Å². The minimum absolute atomic E-state index is 0.0432. The summed E-state index contributed by atoms with van der Waals surface area (Å²) in [6.45, 7) is 3.86. The Hall–Kier alpha value is -2.87. The van der Waals surface area contributed by atoms with E-state index in [2.05, 4.69) is 15.5 Å². The highest BCUT2D eigenvalue weighted by Gasteiger charge is 2.17. The molecule has 0 saturated carbocycles. The van der Waals surface area contributed by atoms with Crippen LogP contribution in [0.5, 0.6) is 5.75 Å². The van der Waals surface area contributed by atoms with E-state index in [1.54, 1.807) is 18.2 Å². The predicted octanol–water partition coefficient (Wildman–Crippen LogP) is 3.60. The molecule has 0 bridgehead atoms. The molecule has 0 spiro atoms. The van der Waals surface area contributed by atoms with Gasteiger partial charge in [-0.2, -0.15) is 0 Å². The second kappa shape index (κ2) is 9.36. The van der Waals surface area contributed by atoms with E-state index in [9.17, 15) is 9.18 Å². The zero-order valence-electron chi connectivity index (χ0n) is 15.6. The van der Waals surface area contributed by atoms with Crippen molar-refractivity contribution in [1.29, 1.82) is 0 Å². The molecule has 146 valence electrons. The van der Waals surface area contributed by atoms with Gasteiger partial charge >= 0.3 is 0 Å². The highest BCUT2D eigenvalue weighted by Crippen LogP contribution is 2.23. The molecule has 1 amide bonds. The van der Waals surface area contributed by atoms with Crippen molar-refractivity contribution in [3.05, 3.63) is 66.2 Å². The fraction of sp³-hybridized carbons (Fsp3) is 0.250. The molecule has 3 aromatic rings. The van der Waals surface area contributed by atoms with Gasteiger partial charge in [-0.05, 0) is 38.1 Å². The van der Waals surface area contributed by atoms with Crippen molar-refractivity contribution in [3.63, 3.8) is 0 Å². The molecule has 0 aliphatic rings. The first-order chi connectivity index (χ1) is 13.5. The molecule has 0 fully saturated rings. The Bertz CT molecular complexity index is 931. The summed E-state index contributed by atoms with van der Waals surface area (Å²) in [6, 6.07) is 15.8. The van der Waals surface area contributed by atoms with E-state index in [0.717, 1.165) is 5.69 Å². The number of benzene rings is 2. The molecule has 0 atom stereocenters.